The van der Waals surface area contributed by atoms with Gasteiger partial charge in [0.25, 0.3) is 5.91 Å². The Hall–Kier alpha value is -1.59. The first-order valence-electron chi connectivity index (χ1n) is 7.17. The van der Waals surface area contributed by atoms with Gasteiger partial charge < -0.3 is 15.2 Å². The molecule has 116 valence electrons. The van der Waals surface area contributed by atoms with Crippen molar-refractivity contribution >= 4 is 11.6 Å². The molecule has 1 aliphatic rings. The topological polar surface area (TPSA) is 64.8 Å². The van der Waals surface area contributed by atoms with E-state index in [0.717, 1.165) is 11.3 Å². The molecule has 1 aromatic carbocycles. The first-order chi connectivity index (χ1) is 9.77. The third kappa shape index (κ3) is 2.89. The van der Waals surface area contributed by atoms with Crippen LogP contribution in [-0.4, -0.2) is 25.3 Å². The quantitative estimate of drug-likeness (QED) is 0.925. The lowest BCUT2D eigenvalue weighted by atomic mass is 9.95. The molecule has 1 atom stereocenters. The molecular formula is C16H24N2O3. The van der Waals surface area contributed by atoms with Crippen molar-refractivity contribution in [2.45, 2.75) is 39.3 Å². The Morgan fingerprint density at radius 3 is 2.62 bits per heavy atom. The standard InChI is InChI=1S/C16H24N2O3/c1-10(2)14(17)11-6-7-13-12(8-11)18(9-20-5)15(19)16(3,4)21-13/h6-8,10,14H,9,17H2,1-5H3. The number of benzene rings is 1. The van der Waals surface area contributed by atoms with E-state index in [1.807, 2.05) is 18.2 Å². The fourth-order valence-electron chi connectivity index (χ4n) is 2.43. The van der Waals surface area contributed by atoms with Crippen molar-refractivity contribution in [1.29, 1.82) is 0 Å². The summed E-state index contributed by atoms with van der Waals surface area (Å²) in [4.78, 5) is 14.1. The summed E-state index contributed by atoms with van der Waals surface area (Å²) in [6, 6.07) is 5.68. The van der Waals surface area contributed by atoms with E-state index in [4.69, 9.17) is 15.2 Å². The van der Waals surface area contributed by atoms with Gasteiger partial charge >= 0.3 is 0 Å². The molecule has 0 aliphatic carbocycles. The number of rotatable bonds is 4. The zero-order chi connectivity index (χ0) is 15.8. The van der Waals surface area contributed by atoms with Gasteiger partial charge in [-0.3, -0.25) is 9.69 Å². The van der Waals surface area contributed by atoms with Crippen molar-refractivity contribution < 1.29 is 14.3 Å². The number of methoxy groups -OCH3 is 1. The third-order valence-corrected chi connectivity index (χ3v) is 3.76. The minimum absolute atomic E-state index is 0.0790. The summed E-state index contributed by atoms with van der Waals surface area (Å²) in [6.07, 6.45) is 0. The molecule has 0 saturated heterocycles. The molecule has 21 heavy (non-hydrogen) atoms. The van der Waals surface area contributed by atoms with Crippen molar-refractivity contribution in [3.8, 4) is 5.75 Å². The highest BCUT2D eigenvalue weighted by atomic mass is 16.5. The number of fused-ring (bicyclic) bond motifs is 1. The molecule has 1 aromatic rings. The third-order valence-electron chi connectivity index (χ3n) is 3.76. The van der Waals surface area contributed by atoms with Crippen molar-refractivity contribution in [3.63, 3.8) is 0 Å². The fourth-order valence-corrected chi connectivity index (χ4v) is 2.43. The number of hydrogen-bond acceptors (Lipinski definition) is 4. The van der Waals surface area contributed by atoms with E-state index in [1.54, 1.807) is 25.9 Å². The van der Waals surface area contributed by atoms with Gasteiger partial charge in [0, 0.05) is 13.2 Å². The SMILES string of the molecule is COCN1C(=O)C(C)(C)Oc2ccc(C(N)C(C)C)cc21. The van der Waals surface area contributed by atoms with Crippen LogP contribution in [-0.2, 0) is 9.53 Å². The van der Waals surface area contributed by atoms with Gasteiger partial charge in [0.1, 0.15) is 12.5 Å². The minimum atomic E-state index is -0.896. The van der Waals surface area contributed by atoms with E-state index in [0.29, 0.717) is 11.7 Å². The Morgan fingerprint density at radius 1 is 1.38 bits per heavy atom. The van der Waals surface area contributed by atoms with Crippen molar-refractivity contribution in [1.82, 2.24) is 0 Å². The minimum Gasteiger partial charge on any atom is -0.476 e. The van der Waals surface area contributed by atoms with E-state index in [9.17, 15) is 4.79 Å². The number of ether oxygens (including phenoxy) is 2. The first-order valence-corrected chi connectivity index (χ1v) is 7.17. The summed E-state index contributed by atoms with van der Waals surface area (Å²) in [5.41, 5.74) is 7.01. The lowest BCUT2D eigenvalue weighted by molar-refractivity contribution is -0.133. The summed E-state index contributed by atoms with van der Waals surface area (Å²) in [5, 5.41) is 0. The molecule has 1 amide bonds. The molecular weight excluding hydrogens is 268 g/mol. The summed E-state index contributed by atoms with van der Waals surface area (Å²) in [7, 11) is 1.57. The van der Waals surface area contributed by atoms with Gasteiger partial charge in [-0.05, 0) is 37.5 Å². The maximum Gasteiger partial charge on any atom is 0.272 e. The maximum absolute atomic E-state index is 12.5. The van der Waals surface area contributed by atoms with Crippen molar-refractivity contribution in [2.75, 3.05) is 18.7 Å². The van der Waals surface area contributed by atoms with Crippen LogP contribution in [0.5, 0.6) is 5.75 Å². The van der Waals surface area contributed by atoms with Crippen LogP contribution in [0.2, 0.25) is 0 Å². The smallest absolute Gasteiger partial charge is 0.272 e. The van der Waals surface area contributed by atoms with Gasteiger partial charge in [0.2, 0.25) is 0 Å². The van der Waals surface area contributed by atoms with Gasteiger partial charge in [-0.15, -0.1) is 0 Å². The van der Waals surface area contributed by atoms with E-state index >= 15 is 0 Å². The fraction of sp³-hybridized carbons (Fsp3) is 0.562. The number of carbonyl (C=O) groups is 1. The van der Waals surface area contributed by atoms with Crippen LogP contribution >= 0.6 is 0 Å². The highest BCUT2D eigenvalue weighted by molar-refractivity contribution is 6.02. The van der Waals surface area contributed by atoms with Gasteiger partial charge in [0.05, 0.1) is 5.69 Å². The molecule has 1 unspecified atom stereocenters. The van der Waals surface area contributed by atoms with Crippen LogP contribution in [0.1, 0.15) is 39.3 Å². The second-order valence-corrected chi connectivity index (χ2v) is 6.26. The Kier molecular flexibility index (Phi) is 4.25. The zero-order valence-corrected chi connectivity index (χ0v) is 13.3. The summed E-state index contributed by atoms with van der Waals surface area (Å²) in [5.74, 6) is 0.874. The highest BCUT2D eigenvalue weighted by Crippen LogP contribution is 2.39. The number of amides is 1. The Bertz CT molecular complexity index is 540. The Morgan fingerprint density at radius 2 is 2.05 bits per heavy atom. The van der Waals surface area contributed by atoms with E-state index in [2.05, 4.69) is 13.8 Å². The second kappa shape index (κ2) is 5.66. The molecule has 0 saturated carbocycles. The van der Waals surface area contributed by atoms with Crippen LogP contribution in [0, 0.1) is 5.92 Å². The van der Waals surface area contributed by atoms with Gasteiger partial charge in [-0.25, -0.2) is 0 Å². The van der Waals surface area contributed by atoms with Crippen LogP contribution in [0.4, 0.5) is 5.69 Å². The van der Waals surface area contributed by atoms with E-state index in [-0.39, 0.29) is 18.7 Å². The van der Waals surface area contributed by atoms with Crippen LogP contribution in [0.15, 0.2) is 18.2 Å². The lowest BCUT2D eigenvalue weighted by Gasteiger charge is -2.38. The largest absolute Gasteiger partial charge is 0.476 e. The monoisotopic (exact) mass is 292 g/mol. The predicted molar refractivity (Wildman–Crippen MR) is 82.3 cm³/mol. The number of anilines is 1. The molecule has 1 heterocycles. The van der Waals surface area contributed by atoms with Crippen molar-refractivity contribution in [3.05, 3.63) is 23.8 Å². The molecule has 2 rings (SSSR count). The van der Waals surface area contributed by atoms with Crippen LogP contribution in [0.25, 0.3) is 0 Å². The summed E-state index contributed by atoms with van der Waals surface area (Å²) < 4.78 is 11.0. The molecule has 0 aromatic heterocycles. The Balaban J connectivity index is 2.47. The van der Waals surface area contributed by atoms with E-state index in [1.165, 1.54) is 0 Å². The van der Waals surface area contributed by atoms with E-state index < -0.39 is 5.60 Å². The number of carbonyl (C=O) groups excluding carboxylic acids is 1. The molecule has 0 spiro atoms. The number of nitrogens with two attached hydrogens (primary N) is 1. The summed E-state index contributed by atoms with van der Waals surface area (Å²) >= 11 is 0. The molecule has 2 N–H and O–H groups in total. The highest BCUT2D eigenvalue weighted by Gasteiger charge is 2.41. The van der Waals surface area contributed by atoms with Gasteiger partial charge in [-0.1, -0.05) is 19.9 Å². The summed E-state index contributed by atoms with van der Waals surface area (Å²) in [6.45, 7) is 7.85. The molecule has 0 bridgehead atoms. The molecule has 0 fully saturated rings. The second-order valence-electron chi connectivity index (χ2n) is 6.26. The number of hydrogen-bond donors (Lipinski definition) is 1. The Labute approximate surface area is 126 Å². The molecule has 0 radical (unpaired) electrons. The van der Waals surface area contributed by atoms with Gasteiger partial charge in [-0.2, -0.15) is 0 Å². The molecule has 1 aliphatic heterocycles. The van der Waals surface area contributed by atoms with Crippen LogP contribution < -0.4 is 15.4 Å². The first kappa shape index (κ1) is 15.8. The lowest BCUT2D eigenvalue weighted by Crippen LogP contribution is -2.53. The van der Waals surface area contributed by atoms with Gasteiger partial charge in [0.15, 0.2) is 5.60 Å². The normalized spacial score (nSPS) is 18.4. The predicted octanol–water partition coefficient (Wildman–Crippen LogP) is 2.45. The molecule has 5 nitrogen and oxygen atoms in total. The molecule has 5 heteroatoms. The van der Waals surface area contributed by atoms with Crippen LogP contribution in [0.3, 0.4) is 0 Å². The average Bonchev–Trinajstić information content (AvgIpc) is 2.42. The average molecular weight is 292 g/mol. The number of nitrogens with zero attached hydrogens (tertiary/aromatic N) is 1. The van der Waals surface area contributed by atoms with Crippen molar-refractivity contribution in [2.24, 2.45) is 11.7 Å². The maximum atomic E-state index is 12.5. The zero-order valence-electron chi connectivity index (χ0n) is 13.3.